The molecular formula is C19H19NO6S. The molecule has 1 amide bonds. The fraction of sp³-hybridized carbons (Fsp3) is 0.263. The molecule has 1 N–H and O–H groups in total. The molecule has 0 radical (unpaired) electrons. The molecule has 0 saturated carbocycles. The second-order valence-electron chi connectivity index (χ2n) is 6.34. The number of hydrogen-bond acceptors (Lipinski definition) is 5. The third-order valence-corrected chi connectivity index (χ3v) is 5.52. The van der Waals surface area contributed by atoms with Crippen LogP contribution in [-0.2, 0) is 14.6 Å². The first kappa shape index (κ1) is 19.1. The Hall–Kier alpha value is -2.71. The standard InChI is InChI=1S/C19H19NO6S/c1-27(24,25)16-7-5-13(6-8-16)17-12-20(9-10-26-17)18(21)14-3-2-4-15(11-14)19(22)23/h2-8,11,17H,9-10,12H2,1H3,(H,22,23). The van der Waals surface area contributed by atoms with E-state index in [0.29, 0.717) is 25.3 Å². The summed E-state index contributed by atoms with van der Waals surface area (Å²) < 4.78 is 28.9. The summed E-state index contributed by atoms with van der Waals surface area (Å²) in [6.07, 6.45) is 0.768. The van der Waals surface area contributed by atoms with E-state index in [1.54, 1.807) is 29.2 Å². The van der Waals surface area contributed by atoms with Crippen LogP contribution in [0.15, 0.2) is 53.4 Å². The molecule has 1 heterocycles. The van der Waals surface area contributed by atoms with Gasteiger partial charge in [0.1, 0.15) is 6.10 Å². The number of carbonyl (C=O) groups excluding carboxylic acids is 1. The molecule has 2 aromatic rings. The highest BCUT2D eigenvalue weighted by Crippen LogP contribution is 2.24. The molecule has 1 aliphatic heterocycles. The number of hydrogen-bond donors (Lipinski definition) is 1. The number of nitrogens with zero attached hydrogens (tertiary/aromatic N) is 1. The predicted octanol–water partition coefficient (Wildman–Crippen LogP) is 2.00. The maximum Gasteiger partial charge on any atom is 0.335 e. The van der Waals surface area contributed by atoms with Crippen LogP contribution >= 0.6 is 0 Å². The average Bonchev–Trinajstić information content (AvgIpc) is 2.67. The number of carboxylic acids is 1. The van der Waals surface area contributed by atoms with Gasteiger partial charge in [-0.15, -0.1) is 0 Å². The van der Waals surface area contributed by atoms with Crippen molar-refractivity contribution in [1.29, 1.82) is 0 Å². The number of benzene rings is 2. The summed E-state index contributed by atoms with van der Waals surface area (Å²) in [4.78, 5) is 25.7. The van der Waals surface area contributed by atoms with Crippen molar-refractivity contribution in [2.75, 3.05) is 26.0 Å². The normalized spacial score (nSPS) is 17.5. The number of ether oxygens (including phenoxy) is 1. The van der Waals surface area contributed by atoms with Gasteiger partial charge in [0.2, 0.25) is 0 Å². The van der Waals surface area contributed by atoms with Gasteiger partial charge in [-0.1, -0.05) is 18.2 Å². The van der Waals surface area contributed by atoms with Gasteiger partial charge < -0.3 is 14.7 Å². The molecule has 8 heteroatoms. The summed E-state index contributed by atoms with van der Waals surface area (Å²) in [5, 5.41) is 9.08. The Morgan fingerprint density at radius 1 is 1.11 bits per heavy atom. The minimum atomic E-state index is -3.27. The molecule has 1 unspecified atom stereocenters. The van der Waals surface area contributed by atoms with Crippen LogP contribution in [-0.4, -0.2) is 56.3 Å². The topological polar surface area (TPSA) is 101 Å². The summed E-state index contributed by atoms with van der Waals surface area (Å²) in [5.41, 5.74) is 1.14. The van der Waals surface area contributed by atoms with E-state index in [1.165, 1.54) is 24.3 Å². The molecule has 27 heavy (non-hydrogen) atoms. The smallest absolute Gasteiger partial charge is 0.335 e. The summed E-state index contributed by atoms with van der Waals surface area (Å²) in [5.74, 6) is -1.35. The number of aromatic carboxylic acids is 1. The third-order valence-electron chi connectivity index (χ3n) is 4.39. The lowest BCUT2D eigenvalue weighted by Crippen LogP contribution is -2.42. The van der Waals surface area contributed by atoms with Crippen LogP contribution in [0.5, 0.6) is 0 Å². The van der Waals surface area contributed by atoms with E-state index in [9.17, 15) is 18.0 Å². The van der Waals surface area contributed by atoms with Gasteiger partial charge in [-0.2, -0.15) is 0 Å². The van der Waals surface area contributed by atoms with Crippen molar-refractivity contribution in [3.8, 4) is 0 Å². The van der Waals surface area contributed by atoms with E-state index in [0.717, 1.165) is 11.8 Å². The minimum Gasteiger partial charge on any atom is -0.478 e. The molecule has 0 spiro atoms. The van der Waals surface area contributed by atoms with Crippen molar-refractivity contribution in [1.82, 2.24) is 4.90 Å². The van der Waals surface area contributed by atoms with Crippen LogP contribution in [0, 0.1) is 0 Å². The third kappa shape index (κ3) is 4.35. The molecule has 3 rings (SSSR count). The first-order valence-corrected chi connectivity index (χ1v) is 10.2. The molecule has 0 aromatic heterocycles. The fourth-order valence-electron chi connectivity index (χ4n) is 2.93. The Morgan fingerprint density at radius 2 is 1.78 bits per heavy atom. The van der Waals surface area contributed by atoms with Gasteiger partial charge in [-0.3, -0.25) is 4.79 Å². The van der Waals surface area contributed by atoms with E-state index in [4.69, 9.17) is 9.84 Å². The zero-order valence-electron chi connectivity index (χ0n) is 14.7. The van der Waals surface area contributed by atoms with Crippen molar-refractivity contribution in [3.05, 3.63) is 65.2 Å². The SMILES string of the molecule is CS(=O)(=O)c1ccc(C2CN(C(=O)c3cccc(C(=O)O)c3)CCO2)cc1. The minimum absolute atomic E-state index is 0.0574. The van der Waals surface area contributed by atoms with Crippen LogP contribution < -0.4 is 0 Å². The van der Waals surface area contributed by atoms with Crippen LogP contribution in [0.2, 0.25) is 0 Å². The average molecular weight is 389 g/mol. The maximum absolute atomic E-state index is 12.7. The van der Waals surface area contributed by atoms with Gasteiger partial charge >= 0.3 is 5.97 Å². The molecule has 142 valence electrons. The highest BCUT2D eigenvalue weighted by atomic mass is 32.2. The Kier molecular flexibility index (Phi) is 5.29. The number of morpholine rings is 1. The van der Waals surface area contributed by atoms with Gasteiger partial charge in [0.15, 0.2) is 9.84 Å². The molecule has 1 atom stereocenters. The summed E-state index contributed by atoms with van der Waals surface area (Å²) in [6.45, 7) is 1.03. The summed E-state index contributed by atoms with van der Waals surface area (Å²) in [7, 11) is -3.27. The van der Waals surface area contributed by atoms with Crippen LogP contribution in [0.4, 0.5) is 0 Å². The lowest BCUT2D eigenvalue weighted by molar-refractivity contribution is -0.0228. The zero-order chi connectivity index (χ0) is 19.6. The van der Waals surface area contributed by atoms with Crippen molar-refractivity contribution >= 4 is 21.7 Å². The van der Waals surface area contributed by atoms with Crippen molar-refractivity contribution in [2.45, 2.75) is 11.0 Å². The first-order chi connectivity index (χ1) is 12.8. The summed E-state index contributed by atoms with van der Waals surface area (Å²) in [6, 6.07) is 12.3. The van der Waals surface area contributed by atoms with Crippen molar-refractivity contribution in [3.63, 3.8) is 0 Å². The van der Waals surface area contributed by atoms with Crippen LogP contribution in [0.25, 0.3) is 0 Å². The van der Waals surface area contributed by atoms with Crippen molar-refractivity contribution < 1.29 is 27.9 Å². The highest BCUT2D eigenvalue weighted by molar-refractivity contribution is 7.90. The predicted molar refractivity (Wildman–Crippen MR) is 97.5 cm³/mol. The zero-order valence-corrected chi connectivity index (χ0v) is 15.5. The Morgan fingerprint density at radius 3 is 2.41 bits per heavy atom. The lowest BCUT2D eigenvalue weighted by Gasteiger charge is -2.33. The van der Waals surface area contributed by atoms with Crippen molar-refractivity contribution in [2.24, 2.45) is 0 Å². The van der Waals surface area contributed by atoms with Gasteiger partial charge in [0.25, 0.3) is 5.91 Å². The van der Waals surface area contributed by atoms with Gasteiger partial charge in [-0.25, -0.2) is 13.2 Å². The molecular weight excluding hydrogens is 370 g/mol. The second-order valence-corrected chi connectivity index (χ2v) is 8.35. The quantitative estimate of drug-likeness (QED) is 0.858. The molecule has 7 nitrogen and oxygen atoms in total. The second kappa shape index (κ2) is 7.50. The van der Waals surface area contributed by atoms with Gasteiger partial charge in [0, 0.05) is 18.4 Å². The molecule has 0 aliphatic carbocycles. The van der Waals surface area contributed by atoms with Crippen LogP contribution in [0.1, 0.15) is 32.4 Å². The molecule has 2 aromatic carbocycles. The number of sulfone groups is 1. The molecule has 0 bridgehead atoms. The monoisotopic (exact) mass is 389 g/mol. The number of carboxylic acid groups (broad SMARTS) is 1. The Balaban J connectivity index is 1.77. The number of amides is 1. The molecule has 1 saturated heterocycles. The maximum atomic E-state index is 12.7. The lowest BCUT2D eigenvalue weighted by atomic mass is 10.1. The van der Waals surface area contributed by atoms with Gasteiger partial charge in [-0.05, 0) is 35.9 Å². The highest BCUT2D eigenvalue weighted by Gasteiger charge is 2.26. The number of carbonyl (C=O) groups is 2. The Bertz CT molecular complexity index is 968. The van der Waals surface area contributed by atoms with E-state index in [1.807, 2.05) is 0 Å². The van der Waals surface area contributed by atoms with E-state index in [-0.39, 0.29) is 22.5 Å². The van der Waals surface area contributed by atoms with E-state index in [2.05, 4.69) is 0 Å². The van der Waals surface area contributed by atoms with E-state index >= 15 is 0 Å². The summed E-state index contributed by atoms with van der Waals surface area (Å²) >= 11 is 0. The first-order valence-electron chi connectivity index (χ1n) is 8.30. The van der Waals surface area contributed by atoms with Crippen LogP contribution in [0.3, 0.4) is 0 Å². The largest absolute Gasteiger partial charge is 0.478 e. The fourth-order valence-corrected chi connectivity index (χ4v) is 3.56. The van der Waals surface area contributed by atoms with Gasteiger partial charge in [0.05, 0.1) is 23.6 Å². The Labute approximate surface area is 157 Å². The number of rotatable bonds is 4. The molecule has 1 aliphatic rings. The molecule has 1 fully saturated rings. The van der Waals surface area contributed by atoms with E-state index < -0.39 is 15.8 Å².